The van der Waals surface area contributed by atoms with Crippen molar-refractivity contribution in [2.45, 2.75) is 9.79 Å². The Morgan fingerprint density at radius 2 is 1.86 bits per heavy atom. The van der Waals surface area contributed by atoms with Crippen molar-refractivity contribution < 1.29 is 21.4 Å². The van der Waals surface area contributed by atoms with Crippen molar-refractivity contribution in [3.63, 3.8) is 0 Å². The van der Waals surface area contributed by atoms with Gasteiger partial charge in [-0.05, 0) is 12.1 Å². The highest BCUT2D eigenvalue weighted by molar-refractivity contribution is 8.13. The van der Waals surface area contributed by atoms with Crippen molar-refractivity contribution in [2.75, 3.05) is 0 Å². The van der Waals surface area contributed by atoms with E-state index >= 15 is 0 Å². The van der Waals surface area contributed by atoms with Gasteiger partial charge in [-0.3, -0.25) is 4.55 Å². The van der Waals surface area contributed by atoms with Crippen LogP contribution in [0.3, 0.4) is 0 Å². The number of hydrogen-bond acceptors (Lipinski definition) is 4. The average molecular weight is 256 g/mol. The van der Waals surface area contributed by atoms with Crippen LogP contribution in [0.5, 0.6) is 0 Å². The summed E-state index contributed by atoms with van der Waals surface area (Å²) < 4.78 is 51.4. The van der Waals surface area contributed by atoms with Gasteiger partial charge in [0, 0.05) is 16.7 Å². The Bertz CT molecular complexity index is 498. The molecule has 5 nitrogen and oxygen atoms in total. The topological polar surface area (TPSA) is 88.5 Å². The van der Waals surface area contributed by atoms with Gasteiger partial charge in [-0.1, -0.05) is 6.07 Å². The maximum Gasteiger partial charge on any atom is 0.295 e. The summed E-state index contributed by atoms with van der Waals surface area (Å²) in [5.74, 6) is 0. The first kappa shape index (κ1) is 11.4. The molecule has 1 rings (SSSR count). The number of benzene rings is 1. The molecule has 0 amide bonds. The fourth-order valence-corrected chi connectivity index (χ4v) is 2.07. The molecule has 0 saturated carbocycles. The minimum Gasteiger partial charge on any atom is -0.282 e. The molecule has 77 valence electrons. The van der Waals surface area contributed by atoms with Gasteiger partial charge in [0.25, 0.3) is 19.2 Å². The van der Waals surface area contributed by atoms with E-state index in [1.54, 1.807) is 0 Å². The van der Waals surface area contributed by atoms with Gasteiger partial charge < -0.3 is 0 Å². The predicted molar refractivity (Wildman–Crippen MR) is 48.1 cm³/mol. The third-order valence-corrected chi connectivity index (χ3v) is 3.45. The van der Waals surface area contributed by atoms with E-state index in [2.05, 4.69) is 6.07 Å². The first-order valence-corrected chi connectivity index (χ1v) is 6.90. The predicted octanol–water partition coefficient (Wildman–Crippen LogP) is 0.661. The Labute approximate surface area is 85.5 Å². The van der Waals surface area contributed by atoms with E-state index in [1.807, 2.05) is 0 Å². The van der Waals surface area contributed by atoms with Gasteiger partial charge >= 0.3 is 0 Å². The first-order chi connectivity index (χ1) is 6.21. The molecular weight excluding hydrogens is 252 g/mol. The molecule has 0 aliphatic carbocycles. The molecule has 14 heavy (non-hydrogen) atoms. The second-order valence-corrected chi connectivity index (χ2v) is 6.26. The average Bonchev–Trinajstić information content (AvgIpc) is 2.01. The molecule has 0 aromatic heterocycles. The van der Waals surface area contributed by atoms with Crippen LogP contribution in [0, 0.1) is 6.07 Å². The molecule has 1 aromatic carbocycles. The molecule has 8 heteroatoms. The fraction of sp³-hybridized carbons (Fsp3) is 0. The highest BCUT2D eigenvalue weighted by Gasteiger charge is 2.15. The van der Waals surface area contributed by atoms with Gasteiger partial charge in [0.2, 0.25) is 0 Å². The molecule has 0 spiro atoms. The Balaban J connectivity index is 3.44. The minimum absolute atomic E-state index is 0.412. The van der Waals surface area contributed by atoms with Gasteiger partial charge in [0.05, 0.1) is 4.90 Å². The van der Waals surface area contributed by atoms with Crippen molar-refractivity contribution in [2.24, 2.45) is 0 Å². The summed E-state index contributed by atoms with van der Waals surface area (Å²) in [5.41, 5.74) is 0. The number of hydrogen-bond donors (Lipinski definition) is 1. The zero-order chi connectivity index (χ0) is 11.0. The minimum atomic E-state index is -4.46. The third kappa shape index (κ3) is 2.68. The van der Waals surface area contributed by atoms with Gasteiger partial charge in [0.15, 0.2) is 0 Å². The van der Waals surface area contributed by atoms with Crippen LogP contribution >= 0.6 is 10.7 Å². The summed E-state index contributed by atoms with van der Waals surface area (Å²) in [5, 5.41) is 0. The summed E-state index contributed by atoms with van der Waals surface area (Å²) in [6.45, 7) is 0. The molecular formula is C6H4ClO5S2. The third-order valence-electron chi connectivity index (χ3n) is 1.31. The van der Waals surface area contributed by atoms with Crippen molar-refractivity contribution >= 4 is 29.9 Å². The second-order valence-electron chi connectivity index (χ2n) is 2.30. The van der Waals surface area contributed by atoms with Gasteiger partial charge in [0.1, 0.15) is 4.90 Å². The smallest absolute Gasteiger partial charge is 0.282 e. The first-order valence-electron chi connectivity index (χ1n) is 3.15. The van der Waals surface area contributed by atoms with Gasteiger partial charge in [-0.15, -0.1) is 0 Å². The highest BCUT2D eigenvalue weighted by atomic mass is 35.7. The SMILES string of the molecule is O=S(=O)(O)c1[c]ccc(S(=O)(=O)Cl)c1. The van der Waals surface area contributed by atoms with E-state index in [0.29, 0.717) is 0 Å². The summed E-state index contributed by atoms with van der Waals surface area (Å²) in [6.07, 6.45) is 0. The molecule has 0 aliphatic rings. The number of rotatable bonds is 2. The van der Waals surface area contributed by atoms with Crippen LogP contribution in [0.2, 0.25) is 0 Å². The van der Waals surface area contributed by atoms with Crippen LogP contribution in [0.15, 0.2) is 28.0 Å². The maximum atomic E-state index is 10.8. The summed E-state index contributed by atoms with van der Waals surface area (Å²) in [7, 11) is -3.51. The van der Waals surface area contributed by atoms with Crippen LogP contribution in [-0.2, 0) is 19.2 Å². The lowest BCUT2D eigenvalue weighted by Gasteiger charge is -1.98. The van der Waals surface area contributed by atoms with Crippen LogP contribution in [-0.4, -0.2) is 21.4 Å². The zero-order valence-corrected chi connectivity index (χ0v) is 8.90. The molecule has 0 fully saturated rings. The Hall–Kier alpha value is -0.630. The Morgan fingerprint density at radius 3 is 2.29 bits per heavy atom. The molecule has 0 bridgehead atoms. The van der Waals surface area contributed by atoms with Crippen molar-refractivity contribution in [1.29, 1.82) is 0 Å². The monoisotopic (exact) mass is 255 g/mol. The van der Waals surface area contributed by atoms with Crippen LogP contribution in [0.4, 0.5) is 0 Å². The molecule has 1 N–H and O–H groups in total. The van der Waals surface area contributed by atoms with Crippen molar-refractivity contribution in [1.82, 2.24) is 0 Å². The zero-order valence-electron chi connectivity index (χ0n) is 6.51. The van der Waals surface area contributed by atoms with E-state index in [4.69, 9.17) is 15.2 Å². The number of halogens is 1. The highest BCUT2D eigenvalue weighted by Crippen LogP contribution is 2.18. The second kappa shape index (κ2) is 3.50. The summed E-state index contributed by atoms with van der Waals surface area (Å²) in [6, 6.07) is 4.99. The largest absolute Gasteiger partial charge is 0.295 e. The van der Waals surface area contributed by atoms with E-state index in [-0.39, 0.29) is 0 Å². The van der Waals surface area contributed by atoms with Gasteiger partial charge in [-0.2, -0.15) is 8.42 Å². The van der Waals surface area contributed by atoms with E-state index in [1.165, 1.54) is 0 Å². The lowest BCUT2D eigenvalue weighted by atomic mass is 10.4. The van der Waals surface area contributed by atoms with Crippen molar-refractivity contribution in [3.8, 4) is 0 Å². The summed E-state index contributed by atoms with van der Waals surface area (Å²) >= 11 is 0. The fourth-order valence-electron chi connectivity index (χ4n) is 0.726. The molecule has 0 aliphatic heterocycles. The lowest BCUT2D eigenvalue weighted by molar-refractivity contribution is 0.483. The molecule has 0 heterocycles. The van der Waals surface area contributed by atoms with Crippen LogP contribution < -0.4 is 0 Å². The normalized spacial score (nSPS) is 12.7. The van der Waals surface area contributed by atoms with Crippen molar-refractivity contribution in [3.05, 3.63) is 24.3 Å². The van der Waals surface area contributed by atoms with E-state index in [0.717, 1.165) is 18.2 Å². The molecule has 1 radical (unpaired) electrons. The molecule has 1 aromatic rings. The standard InChI is InChI=1S/C6H4ClO5S2/c7-13(8,9)5-2-1-3-6(4-5)14(10,11)12/h1-2,4H,(H,10,11,12). The maximum absolute atomic E-state index is 10.8. The van der Waals surface area contributed by atoms with Crippen LogP contribution in [0.25, 0.3) is 0 Å². The van der Waals surface area contributed by atoms with E-state index in [9.17, 15) is 16.8 Å². The van der Waals surface area contributed by atoms with Gasteiger partial charge in [-0.25, -0.2) is 8.42 Å². The lowest BCUT2D eigenvalue weighted by Crippen LogP contribution is -2.00. The van der Waals surface area contributed by atoms with E-state index < -0.39 is 29.0 Å². The Morgan fingerprint density at radius 1 is 1.29 bits per heavy atom. The summed E-state index contributed by atoms with van der Waals surface area (Å²) in [4.78, 5) is -1.05. The molecule has 0 unspecified atom stereocenters. The molecule has 0 atom stereocenters. The molecule has 0 saturated heterocycles. The quantitative estimate of drug-likeness (QED) is 0.620. The Kier molecular flexibility index (Phi) is 2.86. The van der Waals surface area contributed by atoms with Crippen LogP contribution in [0.1, 0.15) is 0 Å².